The van der Waals surface area contributed by atoms with E-state index in [1.807, 2.05) is 0 Å². The summed E-state index contributed by atoms with van der Waals surface area (Å²) in [7, 11) is -3.80. The van der Waals surface area contributed by atoms with Gasteiger partial charge in [0.15, 0.2) is 0 Å². The van der Waals surface area contributed by atoms with Crippen molar-refractivity contribution < 1.29 is 23.2 Å². The molecule has 1 aromatic heterocycles. The molecule has 0 saturated carbocycles. The summed E-state index contributed by atoms with van der Waals surface area (Å²) >= 11 is 0. The van der Waals surface area contributed by atoms with E-state index in [1.54, 1.807) is 13.8 Å². The molecule has 0 aromatic carbocycles. The number of rotatable bonds is 4. The summed E-state index contributed by atoms with van der Waals surface area (Å²) in [5, 5.41) is 12.8. The number of carboxylic acid groups (broad SMARTS) is 1. The standard InChI is InChI=1S/C11H17N3O5S/c1-8-11(9(2)13(12-8)7-10(15)16)20(17,18)14-5-3-4-6-19-14/h3-7H2,1-2H3,(H,15,16). The monoisotopic (exact) mass is 303 g/mol. The number of hydrogen-bond acceptors (Lipinski definition) is 5. The highest BCUT2D eigenvalue weighted by atomic mass is 32.2. The van der Waals surface area contributed by atoms with E-state index in [-0.39, 0.29) is 17.1 Å². The Labute approximate surface area is 116 Å². The number of aliphatic carboxylic acids is 1. The maximum Gasteiger partial charge on any atom is 0.325 e. The fourth-order valence-corrected chi connectivity index (χ4v) is 3.88. The molecule has 112 valence electrons. The third-order valence-corrected chi connectivity index (χ3v) is 5.03. The van der Waals surface area contributed by atoms with Crippen LogP contribution >= 0.6 is 0 Å². The van der Waals surface area contributed by atoms with Gasteiger partial charge in [0.25, 0.3) is 10.0 Å². The molecule has 8 nitrogen and oxygen atoms in total. The Balaban J connectivity index is 2.41. The SMILES string of the molecule is Cc1nn(CC(=O)O)c(C)c1S(=O)(=O)N1CCCCO1. The van der Waals surface area contributed by atoms with Crippen molar-refractivity contribution in [3.8, 4) is 0 Å². The molecule has 20 heavy (non-hydrogen) atoms. The molecule has 1 aromatic rings. The summed E-state index contributed by atoms with van der Waals surface area (Å²) in [6.07, 6.45) is 1.56. The first kappa shape index (κ1) is 14.9. The molecule has 0 radical (unpaired) electrons. The minimum atomic E-state index is -3.80. The summed E-state index contributed by atoms with van der Waals surface area (Å²) in [4.78, 5) is 16.0. The van der Waals surface area contributed by atoms with Crippen molar-refractivity contribution in [1.29, 1.82) is 0 Å². The molecule has 9 heteroatoms. The van der Waals surface area contributed by atoms with Gasteiger partial charge in [0, 0.05) is 6.54 Å². The largest absolute Gasteiger partial charge is 0.480 e. The fourth-order valence-electron chi connectivity index (χ4n) is 2.20. The first-order valence-electron chi connectivity index (χ1n) is 6.25. The molecule has 1 aliphatic rings. The molecule has 1 aliphatic heterocycles. The highest BCUT2D eigenvalue weighted by Crippen LogP contribution is 2.25. The number of aryl methyl sites for hydroxylation is 1. The lowest BCUT2D eigenvalue weighted by molar-refractivity contribution is -0.137. The zero-order valence-electron chi connectivity index (χ0n) is 11.4. The van der Waals surface area contributed by atoms with Gasteiger partial charge >= 0.3 is 5.97 Å². The highest BCUT2D eigenvalue weighted by molar-refractivity contribution is 7.89. The average molecular weight is 303 g/mol. The van der Waals surface area contributed by atoms with Crippen molar-refractivity contribution in [3.63, 3.8) is 0 Å². The summed E-state index contributed by atoms with van der Waals surface area (Å²) in [5.41, 5.74) is 0.581. The van der Waals surface area contributed by atoms with Crippen LogP contribution in [0.2, 0.25) is 0 Å². The number of aromatic nitrogens is 2. The van der Waals surface area contributed by atoms with Crippen LogP contribution in [0.25, 0.3) is 0 Å². The van der Waals surface area contributed by atoms with E-state index >= 15 is 0 Å². The Bertz CT molecular complexity index is 616. The lowest BCUT2D eigenvalue weighted by atomic mass is 10.3. The van der Waals surface area contributed by atoms with E-state index in [4.69, 9.17) is 9.94 Å². The van der Waals surface area contributed by atoms with Crippen molar-refractivity contribution in [3.05, 3.63) is 11.4 Å². The molecule has 1 fully saturated rings. The number of carboxylic acids is 1. The zero-order valence-corrected chi connectivity index (χ0v) is 12.2. The van der Waals surface area contributed by atoms with Crippen LogP contribution in [0.1, 0.15) is 24.2 Å². The molecule has 2 heterocycles. The third-order valence-electron chi connectivity index (χ3n) is 3.10. The Morgan fingerprint density at radius 2 is 2.10 bits per heavy atom. The fraction of sp³-hybridized carbons (Fsp3) is 0.636. The Hall–Kier alpha value is -1.45. The van der Waals surface area contributed by atoms with Crippen molar-refractivity contribution in [2.75, 3.05) is 13.2 Å². The van der Waals surface area contributed by atoms with Gasteiger partial charge in [-0.15, -0.1) is 0 Å². The predicted molar refractivity (Wildman–Crippen MR) is 68.4 cm³/mol. The van der Waals surface area contributed by atoms with Gasteiger partial charge in [-0.3, -0.25) is 14.3 Å². The average Bonchev–Trinajstić information content (AvgIpc) is 2.65. The minimum Gasteiger partial charge on any atom is -0.480 e. The quantitative estimate of drug-likeness (QED) is 0.858. The predicted octanol–water partition coefficient (Wildman–Crippen LogP) is 0.301. The van der Waals surface area contributed by atoms with Gasteiger partial charge < -0.3 is 5.11 Å². The molecule has 1 N–H and O–H groups in total. The van der Waals surface area contributed by atoms with Crippen LogP contribution in [-0.4, -0.2) is 46.9 Å². The number of sulfonamides is 1. The van der Waals surface area contributed by atoms with Gasteiger partial charge in [0.1, 0.15) is 11.4 Å². The molecule has 0 bridgehead atoms. The van der Waals surface area contributed by atoms with Gasteiger partial charge in [-0.05, 0) is 26.7 Å². The Morgan fingerprint density at radius 3 is 2.65 bits per heavy atom. The molecule has 0 unspecified atom stereocenters. The van der Waals surface area contributed by atoms with Crippen LogP contribution in [0.5, 0.6) is 0 Å². The second kappa shape index (κ2) is 5.51. The maximum atomic E-state index is 12.5. The lowest BCUT2D eigenvalue weighted by Gasteiger charge is -2.25. The van der Waals surface area contributed by atoms with E-state index in [0.717, 1.165) is 17.3 Å². The van der Waals surface area contributed by atoms with Gasteiger partial charge in [-0.25, -0.2) is 8.42 Å². The lowest BCUT2D eigenvalue weighted by Crippen LogP contribution is -2.36. The molecule has 0 spiro atoms. The molecule has 0 atom stereocenters. The first-order valence-corrected chi connectivity index (χ1v) is 7.69. The number of carbonyl (C=O) groups is 1. The van der Waals surface area contributed by atoms with Gasteiger partial charge in [0.05, 0.1) is 18.0 Å². The molecule has 0 aliphatic carbocycles. The van der Waals surface area contributed by atoms with Crippen LogP contribution in [0.15, 0.2) is 4.90 Å². The smallest absolute Gasteiger partial charge is 0.325 e. The zero-order chi connectivity index (χ0) is 14.9. The molecule has 2 rings (SSSR count). The highest BCUT2D eigenvalue weighted by Gasteiger charge is 2.33. The number of hydrogen-bond donors (Lipinski definition) is 1. The maximum absolute atomic E-state index is 12.5. The second-order valence-corrected chi connectivity index (χ2v) is 6.39. The Morgan fingerprint density at radius 1 is 1.40 bits per heavy atom. The van der Waals surface area contributed by atoms with Crippen molar-refractivity contribution in [2.24, 2.45) is 0 Å². The second-order valence-electron chi connectivity index (χ2n) is 4.62. The van der Waals surface area contributed by atoms with E-state index < -0.39 is 16.0 Å². The summed E-state index contributed by atoms with van der Waals surface area (Å²) in [6, 6.07) is 0. The van der Waals surface area contributed by atoms with E-state index in [1.165, 1.54) is 4.68 Å². The summed E-state index contributed by atoms with van der Waals surface area (Å²) in [6.45, 7) is 3.37. The topological polar surface area (TPSA) is 102 Å². The van der Waals surface area contributed by atoms with Crippen molar-refractivity contribution in [2.45, 2.75) is 38.1 Å². The van der Waals surface area contributed by atoms with Gasteiger partial charge in [0.2, 0.25) is 0 Å². The van der Waals surface area contributed by atoms with Gasteiger partial charge in [-0.2, -0.15) is 5.10 Å². The molecular formula is C11H17N3O5S. The molecular weight excluding hydrogens is 286 g/mol. The van der Waals surface area contributed by atoms with Crippen LogP contribution in [0.3, 0.4) is 0 Å². The Kier molecular flexibility index (Phi) is 4.11. The minimum absolute atomic E-state index is 0.0284. The van der Waals surface area contributed by atoms with Crippen LogP contribution in [-0.2, 0) is 26.2 Å². The summed E-state index contributed by atoms with van der Waals surface area (Å²) in [5.74, 6) is -1.08. The number of hydroxylamine groups is 1. The molecule has 0 amide bonds. The van der Waals surface area contributed by atoms with Crippen LogP contribution in [0.4, 0.5) is 0 Å². The first-order chi connectivity index (χ1) is 9.34. The number of nitrogens with zero attached hydrogens (tertiary/aromatic N) is 3. The van der Waals surface area contributed by atoms with Crippen LogP contribution in [0, 0.1) is 13.8 Å². The summed E-state index contributed by atoms with van der Waals surface area (Å²) < 4.78 is 27.2. The van der Waals surface area contributed by atoms with E-state index in [0.29, 0.717) is 18.8 Å². The third kappa shape index (κ3) is 2.69. The van der Waals surface area contributed by atoms with Crippen LogP contribution < -0.4 is 0 Å². The van der Waals surface area contributed by atoms with E-state index in [2.05, 4.69) is 5.10 Å². The molecule has 1 saturated heterocycles. The van der Waals surface area contributed by atoms with Crippen molar-refractivity contribution >= 4 is 16.0 Å². The van der Waals surface area contributed by atoms with Crippen molar-refractivity contribution in [1.82, 2.24) is 14.2 Å². The van der Waals surface area contributed by atoms with E-state index in [9.17, 15) is 13.2 Å². The normalized spacial score (nSPS) is 17.3. The van der Waals surface area contributed by atoms with Gasteiger partial charge in [-0.1, -0.05) is 4.47 Å².